The molecule has 6 heteroatoms. The molecule has 0 unspecified atom stereocenters. The molecule has 0 bridgehead atoms. The fraction of sp³-hybridized carbons (Fsp3) is 0.500. The minimum absolute atomic E-state index is 0.0881. The zero-order chi connectivity index (χ0) is 17.9. The second-order valence-electron chi connectivity index (χ2n) is 6.44. The third-order valence-corrected chi connectivity index (χ3v) is 4.48. The number of nitrogens with zero attached hydrogens (tertiary/aromatic N) is 1. The first-order chi connectivity index (χ1) is 11.3. The molecule has 0 aliphatic carbocycles. The smallest absolute Gasteiger partial charge is 0.331 e. The second-order valence-corrected chi connectivity index (χ2v) is 6.44. The Labute approximate surface area is 142 Å². The van der Waals surface area contributed by atoms with Crippen molar-refractivity contribution >= 4 is 17.8 Å². The van der Waals surface area contributed by atoms with E-state index in [4.69, 9.17) is 4.74 Å². The molecule has 2 rings (SSSR count). The van der Waals surface area contributed by atoms with E-state index >= 15 is 0 Å². The van der Waals surface area contributed by atoms with Crippen molar-refractivity contribution in [2.45, 2.75) is 39.8 Å². The van der Waals surface area contributed by atoms with Crippen LogP contribution in [0.3, 0.4) is 0 Å². The number of amides is 2. The molecule has 0 radical (unpaired) electrons. The molecule has 1 N–H and O–H groups in total. The predicted octanol–water partition coefficient (Wildman–Crippen LogP) is 1.74. The lowest BCUT2D eigenvalue weighted by Crippen LogP contribution is -2.58. The summed E-state index contributed by atoms with van der Waals surface area (Å²) in [5.41, 5.74) is 0.414. The van der Waals surface area contributed by atoms with Gasteiger partial charge in [0.05, 0.1) is 6.61 Å². The van der Waals surface area contributed by atoms with Crippen molar-refractivity contribution in [1.29, 1.82) is 0 Å². The highest BCUT2D eigenvalue weighted by Crippen LogP contribution is 2.23. The van der Waals surface area contributed by atoms with Crippen LogP contribution < -0.4 is 5.32 Å². The molecule has 0 fully saturated rings. The van der Waals surface area contributed by atoms with Crippen LogP contribution in [0.4, 0.5) is 0 Å². The Morgan fingerprint density at radius 3 is 2.58 bits per heavy atom. The zero-order valence-corrected chi connectivity index (χ0v) is 14.6. The van der Waals surface area contributed by atoms with E-state index in [1.54, 1.807) is 26.0 Å². The summed E-state index contributed by atoms with van der Waals surface area (Å²) in [6.07, 6.45) is 0. The molecule has 1 heterocycles. The first-order valence-electron chi connectivity index (χ1n) is 8.15. The minimum Gasteiger partial charge on any atom is -0.464 e. The van der Waals surface area contributed by atoms with Crippen LogP contribution >= 0.6 is 0 Å². The van der Waals surface area contributed by atoms with Crippen LogP contribution in [-0.2, 0) is 20.9 Å². The lowest BCUT2D eigenvalue weighted by molar-refractivity contribution is -0.154. The van der Waals surface area contributed by atoms with E-state index in [9.17, 15) is 14.4 Å². The van der Waals surface area contributed by atoms with Crippen molar-refractivity contribution < 1.29 is 19.1 Å². The summed E-state index contributed by atoms with van der Waals surface area (Å²) in [6.45, 7) is 7.61. The summed E-state index contributed by atoms with van der Waals surface area (Å²) in [6, 6.07) is 7.30. The summed E-state index contributed by atoms with van der Waals surface area (Å²) >= 11 is 0. The molecule has 0 aromatic heterocycles. The summed E-state index contributed by atoms with van der Waals surface area (Å²) in [5.74, 6) is -1.15. The molecule has 2 amide bonds. The second kappa shape index (κ2) is 7.03. The highest BCUT2D eigenvalue weighted by atomic mass is 16.5. The number of ether oxygens (including phenoxy) is 1. The number of hydrogen-bond donors (Lipinski definition) is 1. The fourth-order valence-corrected chi connectivity index (χ4v) is 2.66. The topological polar surface area (TPSA) is 75.7 Å². The van der Waals surface area contributed by atoms with Crippen molar-refractivity contribution in [2.75, 3.05) is 13.2 Å². The largest absolute Gasteiger partial charge is 0.464 e. The number of carbonyl (C=O) groups excluding carboxylic acids is 3. The van der Waals surface area contributed by atoms with Gasteiger partial charge in [-0.3, -0.25) is 9.59 Å². The third-order valence-electron chi connectivity index (χ3n) is 4.48. The molecule has 1 aliphatic heterocycles. The van der Waals surface area contributed by atoms with Gasteiger partial charge in [-0.2, -0.15) is 0 Å². The molecule has 1 aliphatic rings. The van der Waals surface area contributed by atoms with Crippen molar-refractivity contribution in [1.82, 2.24) is 10.2 Å². The number of nitrogens with one attached hydrogen (secondary N) is 1. The molecule has 0 saturated carbocycles. The molecule has 0 spiro atoms. The lowest BCUT2D eigenvalue weighted by atomic mass is 9.88. The molecule has 6 nitrogen and oxygen atoms in total. The standard InChI is InChI=1S/C18H24N2O4/c1-5-24-17(23)18(4,12(2)3)19-15(21)11-20-10-13-8-6-7-9-14(13)16(20)22/h6-9,12H,5,10-11H2,1-4H3,(H,19,21)/t18-/m0/s1. The molecular formula is C18H24N2O4. The fourth-order valence-electron chi connectivity index (χ4n) is 2.66. The number of fused-ring (bicyclic) bond motifs is 1. The minimum atomic E-state index is -1.12. The average molecular weight is 332 g/mol. The van der Waals surface area contributed by atoms with Gasteiger partial charge in [0.1, 0.15) is 12.1 Å². The van der Waals surface area contributed by atoms with Crippen LogP contribution in [0.1, 0.15) is 43.6 Å². The Bertz CT molecular complexity index is 656. The number of hydrogen-bond acceptors (Lipinski definition) is 4. The maximum Gasteiger partial charge on any atom is 0.331 e. The highest BCUT2D eigenvalue weighted by molar-refractivity contribution is 6.00. The van der Waals surface area contributed by atoms with E-state index in [0.717, 1.165) is 5.56 Å². The van der Waals surface area contributed by atoms with Gasteiger partial charge in [-0.05, 0) is 31.4 Å². The van der Waals surface area contributed by atoms with Gasteiger partial charge in [-0.25, -0.2) is 4.79 Å². The Hall–Kier alpha value is -2.37. The maximum absolute atomic E-state index is 12.4. The lowest BCUT2D eigenvalue weighted by Gasteiger charge is -2.32. The highest BCUT2D eigenvalue weighted by Gasteiger charge is 2.40. The molecule has 130 valence electrons. The van der Waals surface area contributed by atoms with Gasteiger partial charge < -0.3 is 15.0 Å². The summed E-state index contributed by atoms with van der Waals surface area (Å²) in [4.78, 5) is 38.4. The van der Waals surface area contributed by atoms with Crippen molar-refractivity contribution in [2.24, 2.45) is 5.92 Å². The van der Waals surface area contributed by atoms with Crippen LogP contribution in [0.25, 0.3) is 0 Å². The van der Waals surface area contributed by atoms with E-state index in [1.165, 1.54) is 4.90 Å². The van der Waals surface area contributed by atoms with Gasteiger partial charge in [0.25, 0.3) is 5.91 Å². The van der Waals surface area contributed by atoms with Crippen molar-refractivity contribution in [3.63, 3.8) is 0 Å². The number of benzene rings is 1. The predicted molar refractivity (Wildman–Crippen MR) is 89.2 cm³/mol. The quantitative estimate of drug-likeness (QED) is 0.805. The van der Waals surface area contributed by atoms with Gasteiger partial charge in [0.2, 0.25) is 5.91 Å². The first kappa shape index (κ1) is 18.0. The van der Waals surface area contributed by atoms with Gasteiger partial charge in [0, 0.05) is 12.1 Å². The molecule has 1 atom stereocenters. The van der Waals surface area contributed by atoms with Crippen LogP contribution in [0.15, 0.2) is 24.3 Å². The first-order valence-corrected chi connectivity index (χ1v) is 8.15. The summed E-state index contributed by atoms with van der Waals surface area (Å²) in [7, 11) is 0. The SMILES string of the molecule is CCOC(=O)[C@@](C)(NC(=O)CN1Cc2ccccc2C1=O)C(C)C. The molecule has 1 aromatic rings. The van der Waals surface area contributed by atoms with Crippen LogP contribution in [0, 0.1) is 5.92 Å². The third kappa shape index (κ3) is 3.42. The Morgan fingerprint density at radius 1 is 1.33 bits per heavy atom. The molecule has 1 aromatic carbocycles. The van der Waals surface area contributed by atoms with Crippen molar-refractivity contribution in [3.05, 3.63) is 35.4 Å². The van der Waals surface area contributed by atoms with Gasteiger partial charge >= 0.3 is 5.97 Å². The Kier molecular flexibility index (Phi) is 5.26. The van der Waals surface area contributed by atoms with Gasteiger partial charge in [-0.15, -0.1) is 0 Å². The Balaban J connectivity index is 2.05. The monoisotopic (exact) mass is 332 g/mol. The molecule has 24 heavy (non-hydrogen) atoms. The maximum atomic E-state index is 12.4. The van der Waals surface area contributed by atoms with Crippen LogP contribution in [0.5, 0.6) is 0 Å². The zero-order valence-electron chi connectivity index (χ0n) is 14.6. The van der Waals surface area contributed by atoms with E-state index in [2.05, 4.69) is 5.32 Å². The summed E-state index contributed by atoms with van der Waals surface area (Å²) in [5, 5.41) is 2.74. The van der Waals surface area contributed by atoms with Crippen molar-refractivity contribution in [3.8, 4) is 0 Å². The van der Waals surface area contributed by atoms with Gasteiger partial charge in [-0.1, -0.05) is 32.0 Å². The summed E-state index contributed by atoms with van der Waals surface area (Å²) < 4.78 is 5.08. The van der Waals surface area contributed by atoms with E-state index in [-0.39, 0.29) is 30.9 Å². The van der Waals surface area contributed by atoms with E-state index in [1.807, 2.05) is 26.0 Å². The molecule has 0 saturated heterocycles. The number of rotatable bonds is 6. The number of carbonyl (C=O) groups is 3. The van der Waals surface area contributed by atoms with Crippen LogP contribution in [0.2, 0.25) is 0 Å². The van der Waals surface area contributed by atoms with E-state index in [0.29, 0.717) is 12.1 Å². The van der Waals surface area contributed by atoms with Gasteiger partial charge in [0.15, 0.2) is 0 Å². The molecular weight excluding hydrogens is 308 g/mol. The van der Waals surface area contributed by atoms with Crippen LogP contribution in [-0.4, -0.2) is 41.4 Å². The average Bonchev–Trinajstić information content (AvgIpc) is 2.83. The normalized spacial score (nSPS) is 15.9. The number of esters is 1. The Morgan fingerprint density at radius 2 is 2.00 bits per heavy atom. The van der Waals surface area contributed by atoms with E-state index < -0.39 is 11.5 Å².